The number of nitrogens with zero attached hydrogens (tertiary/aromatic N) is 1. The molecule has 8 heteroatoms. The van der Waals surface area contributed by atoms with Gasteiger partial charge in [0, 0.05) is 11.6 Å². The van der Waals surface area contributed by atoms with E-state index in [4.69, 9.17) is 30.2 Å². The molecule has 2 heterocycles. The van der Waals surface area contributed by atoms with Crippen LogP contribution in [0.25, 0.3) is 11.0 Å². The maximum Gasteiger partial charge on any atom is 0.291 e. The van der Waals surface area contributed by atoms with Crippen LogP contribution in [0.15, 0.2) is 57.7 Å². The van der Waals surface area contributed by atoms with Gasteiger partial charge in [0.15, 0.2) is 16.9 Å². The van der Waals surface area contributed by atoms with E-state index in [0.29, 0.717) is 38.8 Å². The highest BCUT2D eigenvalue weighted by Gasteiger charge is 2.43. The van der Waals surface area contributed by atoms with E-state index >= 15 is 0 Å². The summed E-state index contributed by atoms with van der Waals surface area (Å²) >= 11 is 6.47. The van der Waals surface area contributed by atoms with Gasteiger partial charge in [-0.3, -0.25) is 9.59 Å². The number of halogens is 1. The second-order valence-electron chi connectivity index (χ2n) is 9.02. The SMILES string of the molecule is COc1cc(C2c3c(oc4c(C)cc(C)cc4c3=O)C(=O)N2Cc2ccccc2Cl)cc(OC)c1OC. The number of rotatable bonds is 6. The second-order valence-corrected chi connectivity index (χ2v) is 9.43. The minimum atomic E-state index is -0.769. The van der Waals surface area contributed by atoms with E-state index in [1.807, 2.05) is 38.1 Å². The first-order valence-electron chi connectivity index (χ1n) is 11.7. The Hall–Kier alpha value is -3.97. The number of carbonyl (C=O) groups is 1. The van der Waals surface area contributed by atoms with Crippen molar-refractivity contribution in [2.75, 3.05) is 21.3 Å². The van der Waals surface area contributed by atoms with Gasteiger partial charge < -0.3 is 23.5 Å². The fourth-order valence-corrected chi connectivity index (χ4v) is 5.25. The van der Waals surface area contributed by atoms with Crippen molar-refractivity contribution in [2.45, 2.75) is 26.4 Å². The van der Waals surface area contributed by atoms with Crippen molar-refractivity contribution in [3.8, 4) is 17.2 Å². The van der Waals surface area contributed by atoms with Gasteiger partial charge in [-0.1, -0.05) is 35.9 Å². The molecule has 1 atom stereocenters. The Morgan fingerprint density at radius 2 is 1.62 bits per heavy atom. The maximum atomic E-state index is 14.0. The standard InChI is InChI=1S/C29H26ClNO6/c1-15-10-16(2)26-19(11-15)25(32)23-24(18-12-21(34-3)27(36-5)22(13-18)35-4)31(29(33)28(23)37-26)14-17-8-6-7-9-20(17)30/h6-13,24H,14H2,1-5H3. The molecule has 0 aliphatic carbocycles. The van der Waals surface area contributed by atoms with Gasteiger partial charge in [-0.2, -0.15) is 0 Å². The third-order valence-electron chi connectivity index (χ3n) is 6.70. The van der Waals surface area contributed by atoms with Crippen molar-refractivity contribution in [3.63, 3.8) is 0 Å². The van der Waals surface area contributed by atoms with Crippen LogP contribution in [0.4, 0.5) is 0 Å². The third-order valence-corrected chi connectivity index (χ3v) is 7.07. The predicted octanol–water partition coefficient (Wildman–Crippen LogP) is 5.83. The lowest BCUT2D eigenvalue weighted by Crippen LogP contribution is -2.29. The lowest BCUT2D eigenvalue weighted by molar-refractivity contribution is 0.0714. The van der Waals surface area contributed by atoms with E-state index < -0.39 is 11.9 Å². The number of methoxy groups -OCH3 is 3. The van der Waals surface area contributed by atoms with Crippen LogP contribution in [0, 0.1) is 13.8 Å². The molecule has 0 radical (unpaired) electrons. The Morgan fingerprint density at radius 1 is 0.946 bits per heavy atom. The van der Waals surface area contributed by atoms with Crippen LogP contribution in [-0.2, 0) is 6.54 Å². The van der Waals surface area contributed by atoms with Crippen molar-refractivity contribution >= 4 is 28.5 Å². The summed E-state index contributed by atoms with van der Waals surface area (Å²) in [5, 5.41) is 0.951. The first kappa shape index (κ1) is 24.7. The molecule has 4 aromatic rings. The maximum absolute atomic E-state index is 14.0. The van der Waals surface area contributed by atoms with Crippen LogP contribution in [0.5, 0.6) is 17.2 Å². The van der Waals surface area contributed by atoms with Crippen LogP contribution >= 0.6 is 11.6 Å². The van der Waals surface area contributed by atoms with Crippen LogP contribution in [0.3, 0.4) is 0 Å². The second kappa shape index (κ2) is 9.48. The predicted molar refractivity (Wildman–Crippen MR) is 141 cm³/mol. The van der Waals surface area contributed by atoms with Crippen LogP contribution in [0.2, 0.25) is 5.02 Å². The lowest BCUT2D eigenvalue weighted by atomic mass is 9.96. The molecule has 0 saturated carbocycles. The largest absolute Gasteiger partial charge is 0.493 e. The molecule has 5 rings (SSSR count). The number of aryl methyl sites for hydroxylation is 2. The molecule has 1 aliphatic rings. The molecule has 1 amide bonds. The molecule has 1 aromatic heterocycles. The summed E-state index contributed by atoms with van der Waals surface area (Å²) in [7, 11) is 4.55. The van der Waals surface area contributed by atoms with Gasteiger partial charge in [-0.15, -0.1) is 0 Å². The number of ether oxygens (including phenoxy) is 3. The highest BCUT2D eigenvalue weighted by molar-refractivity contribution is 6.31. The van der Waals surface area contributed by atoms with E-state index in [9.17, 15) is 9.59 Å². The molecular formula is C29H26ClNO6. The fraction of sp³-hybridized carbons (Fsp3) is 0.241. The lowest BCUT2D eigenvalue weighted by Gasteiger charge is -2.26. The third kappa shape index (κ3) is 4.00. The van der Waals surface area contributed by atoms with E-state index in [2.05, 4.69) is 0 Å². The van der Waals surface area contributed by atoms with Crippen LogP contribution in [0.1, 0.15) is 44.4 Å². The van der Waals surface area contributed by atoms with Gasteiger partial charge in [-0.25, -0.2) is 0 Å². The molecule has 1 unspecified atom stereocenters. The fourth-order valence-electron chi connectivity index (χ4n) is 5.05. The zero-order valence-corrected chi connectivity index (χ0v) is 21.9. The molecule has 3 aromatic carbocycles. The van der Waals surface area contributed by atoms with E-state index in [0.717, 1.165) is 16.7 Å². The number of amides is 1. The Morgan fingerprint density at radius 3 is 2.24 bits per heavy atom. The average Bonchev–Trinajstić information content (AvgIpc) is 3.16. The minimum Gasteiger partial charge on any atom is -0.493 e. The molecule has 7 nitrogen and oxygen atoms in total. The summed E-state index contributed by atoms with van der Waals surface area (Å²) in [4.78, 5) is 29.5. The molecule has 190 valence electrons. The van der Waals surface area contributed by atoms with E-state index in [1.54, 1.807) is 29.2 Å². The summed E-state index contributed by atoms with van der Waals surface area (Å²) in [5.41, 5.74) is 3.50. The molecule has 0 N–H and O–H groups in total. The summed E-state index contributed by atoms with van der Waals surface area (Å²) in [6, 6.07) is 13.7. The molecule has 1 aliphatic heterocycles. The molecule has 0 bridgehead atoms. The number of hydrogen-bond donors (Lipinski definition) is 0. The van der Waals surface area contributed by atoms with Gasteiger partial charge in [0.05, 0.1) is 38.3 Å². The first-order valence-corrected chi connectivity index (χ1v) is 12.1. The normalized spacial score (nSPS) is 14.7. The van der Waals surface area contributed by atoms with Crippen LogP contribution < -0.4 is 19.6 Å². The molecule has 0 spiro atoms. The Balaban J connectivity index is 1.80. The average molecular weight is 520 g/mol. The Labute approximate surface area is 219 Å². The van der Waals surface area contributed by atoms with Crippen molar-refractivity contribution in [2.24, 2.45) is 0 Å². The zero-order chi connectivity index (χ0) is 26.4. The van der Waals surface area contributed by atoms with Crippen molar-refractivity contribution < 1.29 is 23.4 Å². The summed E-state index contributed by atoms with van der Waals surface area (Å²) in [6.45, 7) is 3.95. The van der Waals surface area contributed by atoms with Gasteiger partial charge in [0.1, 0.15) is 5.58 Å². The highest BCUT2D eigenvalue weighted by Crippen LogP contribution is 2.45. The molecule has 37 heavy (non-hydrogen) atoms. The smallest absolute Gasteiger partial charge is 0.291 e. The Bertz CT molecular complexity index is 1580. The van der Waals surface area contributed by atoms with Crippen LogP contribution in [-0.4, -0.2) is 32.1 Å². The first-order chi connectivity index (χ1) is 17.8. The quantitative estimate of drug-likeness (QED) is 0.319. The number of benzene rings is 3. The number of fused-ring (bicyclic) bond motifs is 2. The molecule has 0 saturated heterocycles. The summed E-state index contributed by atoms with van der Waals surface area (Å²) in [5.74, 6) is 0.857. The van der Waals surface area contributed by atoms with Crippen molar-refractivity contribution in [3.05, 3.63) is 97.4 Å². The Kier molecular flexibility index (Phi) is 6.33. The van der Waals surface area contributed by atoms with Crippen molar-refractivity contribution in [1.29, 1.82) is 0 Å². The van der Waals surface area contributed by atoms with Gasteiger partial charge in [-0.05, 0) is 60.4 Å². The molecule has 0 fully saturated rings. The van der Waals surface area contributed by atoms with Gasteiger partial charge in [0.25, 0.3) is 5.91 Å². The van der Waals surface area contributed by atoms with E-state index in [1.165, 1.54) is 21.3 Å². The zero-order valence-electron chi connectivity index (χ0n) is 21.2. The highest BCUT2D eigenvalue weighted by atomic mass is 35.5. The molecular weight excluding hydrogens is 494 g/mol. The van der Waals surface area contributed by atoms with E-state index in [-0.39, 0.29) is 23.3 Å². The van der Waals surface area contributed by atoms with Gasteiger partial charge in [0.2, 0.25) is 11.5 Å². The summed E-state index contributed by atoms with van der Waals surface area (Å²) in [6.07, 6.45) is 0. The summed E-state index contributed by atoms with van der Waals surface area (Å²) < 4.78 is 22.8. The minimum absolute atomic E-state index is 0.0234. The topological polar surface area (TPSA) is 78.2 Å². The number of carbonyl (C=O) groups excluding carboxylic acids is 1. The number of hydrogen-bond acceptors (Lipinski definition) is 6. The monoisotopic (exact) mass is 519 g/mol. The van der Waals surface area contributed by atoms with Gasteiger partial charge >= 0.3 is 0 Å². The van der Waals surface area contributed by atoms with Crippen molar-refractivity contribution in [1.82, 2.24) is 4.90 Å².